The van der Waals surface area contributed by atoms with E-state index >= 15 is 0 Å². The van der Waals surface area contributed by atoms with Gasteiger partial charge in [0.2, 0.25) is 0 Å². The van der Waals surface area contributed by atoms with Crippen molar-refractivity contribution in [2.24, 2.45) is 0 Å². The summed E-state index contributed by atoms with van der Waals surface area (Å²) in [5.41, 5.74) is 1.43. The first-order chi connectivity index (χ1) is 9.74. The number of thiazole rings is 1. The molecule has 0 radical (unpaired) electrons. The Morgan fingerprint density at radius 2 is 1.91 bits per heavy atom. The van der Waals surface area contributed by atoms with Crippen molar-refractivity contribution in [3.8, 4) is 16.3 Å². The number of benzene rings is 1. The number of hydrogen-bond donors (Lipinski definition) is 2. The number of nitrogens with zero attached hydrogens (tertiary/aromatic N) is 1. The number of aromatic nitrogens is 1. The number of halogens is 2. The van der Waals surface area contributed by atoms with Gasteiger partial charge in [0, 0.05) is 24.0 Å². The Bertz CT molecular complexity index is 576. The van der Waals surface area contributed by atoms with Gasteiger partial charge < -0.3 is 15.4 Å². The molecule has 0 spiro atoms. The Kier molecular flexibility index (Phi) is 9.76. The zero-order valence-corrected chi connectivity index (χ0v) is 14.7. The van der Waals surface area contributed by atoms with Crippen LogP contribution in [0.4, 0.5) is 0 Å². The van der Waals surface area contributed by atoms with Gasteiger partial charge in [-0.05, 0) is 31.3 Å². The number of nitrogens with one attached hydrogen (secondary N) is 2. The summed E-state index contributed by atoms with van der Waals surface area (Å²) in [5, 5.41) is 8.38. The molecule has 2 rings (SSSR count). The van der Waals surface area contributed by atoms with E-state index in [0.717, 1.165) is 22.9 Å². The molecule has 0 aliphatic carbocycles. The topological polar surface area (TPSA) is 63.2 Å². The third-order valence-corrected chi connectivity index (χ3v) is 3.63. The minimum Gasteiger partial charge on any atom is -0.497 e. The number of ether oxygens (including phenoxy) is 1. The molecule has 22 heavy (non-hydrogen) atoms. The first-order valence-electron chi connectivity index (χ1n) is 6.27. The number of methoxy groups -OCH3 is 1. The van der Waals surface area contributed by atoms with Gasteiger partial charge >= 0.3 is 0 Å². The second kappa shape index (κ2) is 10.4. The van der Waals surface area contributed by atoms with Crippen LogP contribution in [0.1, 0.15) is 10.5 Å². The number of likely N-dealkylation sites (N-methyl/N-ethyl adjacent to an activating group) is 1. The summed E-state index contributed by atoms with van der Waals surface area (Å²) in [6, 6.07) is 7.62. The summed E-state index contributed by atoms with van der Waals surface area (Å²) in [6.45, 7) is 1.33. The summed E-state index contributed by atoms with van der Waals surface area (Å²) < 4.78 is 5.12. The van der Waals surface area contributed by atoms with E-state index in [1.807, 2.05) is 31.3 Å². The number of carbonyl (C=O) groups is 1. The molecule has 0 fully saturated rings. The Hall–Kier alpha value is -1.34. The summed E-state index contributed by atoms with van der Waals surface area (Å²) in [4.78, 5) is 16.2. The van der Waals surface area contributed by atoms with Crippen LogP contribution in [0.15, 0.2) is 29.6 Å². The minimum atomic E-state index is -0.142. The molecule has 1 aromatic carbocycles. The smallest absolute Gasteiger partial charge is 0.270 e. The van der Waals surface area contributed by atoms with Crippen LogP contribution in [-0.2, 0) is 0 Å². The maximum atomic E-state index is 11.8. The van der Waals surface area contributed by atoms with Gasteiger partial charge in [-0.2, -0.15) is 0 Å². The predicted molar refractivity (Wildman–Crippen MR) is 94.9 cm³/mol. The molecule has 0 saturated carbocycles. The summed E-state index contributed by atoms with van der Waals surface area (Å²) in [5.74, 6) is 0.659. The zero-order chi connectivity index (χ0) is 14.4. The van der Waals surface area contributed by atoms with Gasteiger partial charge in [0.05, 0.1) is 7.11 Å². The van der Waals surface area contributed by atoms with Gasteiger partial charge in [0.1, 0.15) is 16.5 Å². The van der Waals surface area contributed by atoms with E-state index in [-0.39, 0.29) is 30.7 Å². The van der Waals surface area contributed by atoms with Crippen molar-refractivity contribution in [2.45, 2.75) is 0 Å². The van der Waals surface area contributed by atoms with Crippen LogP contribution < -0.4 is 15.4 Å². The highest BCUT2D eigenvalue weighted by atomic mass is 35.5. The lowest BCUT2D eigenvalue weighted by Crippen LogP contribution is -2.30. The molecule has 0 unspecified atom stereocenters. The fraction of sp³-hybridized carbons (Fsp3) is 0.286. The molecule has 0 atom stereocenters. The molecule has 5 nitrogen and oxygen atoms in total. The van der Waals surface area contributed by atoms with Gasteiger partial charge in [-0.15, -0.1) is 36.2 Å². The van der Waals surface area contributed by atoms with Gasteiger partial charge in [-0.1, -0.05) is 0 Å². The molecule has 2 N–H and O–H groups in total. The third-order valence-electron chi connectivity index (χ3n) is 2.73. The van der Waals surface area contributed by atoms with Crippen LogP contribution in [0.3, 0.4) is 0 Å². The van der Waals surface area contributed by atoms with Crippen molar-refractivity contribution in [2.75, 3.05) is 27.2 Å². The number of rotatable bonds is 6. The van der Waals surface area contributed by atoms with Crippen molar-refractivity contribution in [1.82, 2.24) is 15.6 Å². The average molecular weight is 364 g/mol. The van der Waals surface area contributed by atoms with E-state index < -0.39 is 0 Å². The van der Waals surface area contributed by atoms with Crippen LogP contribution in [0.25, 0.3) is 10.6 Å². The molecule has 122 valence electrons. The number of amides is 1. The Balaban J connectivity index is 0.00000220. The fourth-order valence-electron chi connectivity index (χ4n) is 1.64. The first kappa shape index (κ1) is 20.7. The first-order valence-corrected chi connectivity index (χ1v) is 7.15. The van der Waals surface area contributed by atoms with E-state index in [0.29, 0.717) is 12.2 Å². The standard InChI is InChI=1S/C14H17N3O2S.2ClH/c1-15-7-8-16-13(18)12-9-20-14(17-12)10-3-5-11(19-2)6-4-10;;/h3-6,9,15H,7-8H2,1-2H3,(H,16,18);2*1H. The maximum absolute atomic E-state index is 11.8. The zero-order valence-electron chi connectivity index (χ0n) is 12.3. The van der Waals surface area contributed by atoms with Crippen LogP contribution in [0.5, 0.6) is 5.75 Å². The van der Waals surface area contributed by atoms with Crippen LogP contribution in [0, 0.1) is 0 Å². The van der Waals surface area contributed by atoms with Crippen LogP contribution in [-0.4, -0.2) is 38.1 Å². The number of hydrogen-bond acceptors (Lipinski definition) is 5. The lowest BCUT2D eigenvalue weighted by atomic mass is 10.2. The molecule has 8 heteroatoms. The highest BCUT2D eigenvalue weighted by molar-refractivity contribution is 7.13. The van der Waals surface area contributed by atoms with E-state index in [9.17, 15) is 4.79 Å². The van der Waals surface area contributed by atoms with Gasteiger partial charge in [0.15, 0.2) is 0 Å². The molecule has 2 aromatic rings. The molecule has 1 heterocycles. The molecule has 1 amide bonds. The number of carbonyl (C=O) groups excluding carboxylic acids is 1. The highest BCUT2D eigenvalue weighted by Crippen LogP contribution is 2.25. The highest BCUT2D eigenvalue weighted by Gasteiger charge is 2.11. The van der Waals surface area contributed by atoms with Crippen LogP contribution >= 0.6 is 36.2 Å². The molecular weight excluding hydrogens is 345 g/mol. The Morgan fingerprint density at radius 1 is 1.23 bits per heavy atom. The molecule has 0 bridgehead atoms. The molecule has 0 aliphatic heterocycles. The monoisotopic (exact) mass is 363 g/mol. The predicted octanol–water partition coefficient (Wildman–Crippen LogP) is 2.61. The molecule has 0 aliphatic rings. The summed E-state index contributed by atoms with van der Waals surface area (Å²) in [6.07, 6.45) is 0. The Morgan fingerprint density at radius 3 is 2.50 bits per heavy atom. The van der Waals surface area contributed by atoms with Crippen molar-refractivity contribution in [3.63, 3.8) is 0 Å². The van der Waals surface area contributed by atoms with E-state index in [2.05, 4.69) is 15.6 Å². The second-order valence-electron chi connectivity index (χ2n) is 4.13. The van der Waals surface area contributed by atoms with E-state index in [1.165, 1.54) is 11.3 Å². The second-order valence-corrected chi connectivity index (χ2v) is 4.98. The normalized spacial score (nSPS) is 9.36. The average Bonchev–Trinajstić information content (AvgIpc) is 2.97. The maximum Gasteiger partial charge on any atom is 0.270 e. The third kappa shape index (κ3) is 5.46. The fourth-order valence-corrected chi connectivity index (χ4v) is 2.44. The summed E-state index contributed by atoms with van der Waals surface area (Å²) in [7, 11) is 3.47. The van der Waals surface area contributed by atoms with Crippen molar-refractivity contribution in [1.29, 1.82) is 0 Å². The molecule has 1 aromatic heterocycles. The minimum absolute atomic E-state index is 0. The van der Waals surface area contributed by atoms with E-state index in [1.54, 1.807) is 12.5 Å². The van der Waals surface area contributed by atoms with Crippen molar-refractivity contribution in [3.05, 3.63) is 35.3 Å². The molecule has 0 saturated heterocycles. The SMILES string of the molecule is CNCCNC(=O)c1csc(-c2ccc(OC)cc2)n1.Cl.Cl. The van der Waals surface area contributed by atoms with Crippen LogP contribution in [0.2, 0.25) is 0 Å². The molecular formula is C14H19Cl2N3O2S. The van der Waals surface area contributed by atoms with Crippen molar-refractivity contribution >= 4 is 42.1 Å². The quantitative estimate of drug-likeness (QED) is 0.774. The van der Waals surface area contributed by atoms with E-state index in [4.69, 9.17) is 4.74 Å². The van der Waals surface area contributed by atoms with Gasteiger partial charge in [-0.25, -0.2) is 4.98 Å². The summed E-state index contributed by atoms with van der Waals surface area (Å²) >= 11 is 1.46. The largest absolute Gasteiger partial charge is 0.497 e. The lowest BCUT2D eigenvalue weighted by molar-refractivity contribution is 0.0950. The van der Waals surface area contributed by atoms with Gasteiger partial charge in [0.25, 0.3) is 5.91 Å². The van der Waals surface area contributed by atoms with Crippen molar-refractivity contribution < 1.29 is 9.53 Å². The lowest BCUT2D eigenvalue weighted by Gasteiger charge is -2.02. The van der Waals surface area contributed by atoms with Gasteiger partial charge in [-0.3, -0.25) is 4.79 Å². The Labute approximate surface area is 146 Å².